The molecule has 0 heterocycles. The fourth-order valence-corrected chi connectivity index (χ4v) is 1.92. The summed E-state index contributed by atoms with van der Waals surface area (Å²) >= 11 is 0. The van der Waals surface area contributed by atoms with Crippen molar-refractivity contribution in [3.05, 3.63) is 54.1 Å². The highest BCUT2D eigenvalue weighted by atomic mass is 16.5. The first-order valence-corrected chi connectivity index (χ1v) is 6.36. The number of benzene rings is 2. The molecule has 3 nitrogen and oxygen atoms in total. The van der Waals surface area contributed by atoms with E-state index in [0.717, 1.165) is 22.7 Å². The summed E-state index contributed by atoms with van der Waals surface area (Å²) < 4.78 is 5.96. The van der Waals surface area contributed by atoms with Crippen LogP contribution in [0.15, 0.2) is 48.5 Å². The summed E-state index contributed by atoms with van der Waals surface area (Å²) in [5.74, 6) is 0.862. The monoisotopic (exact) mass is 256 g/mol. The summed E-state index contributed by atoms with van der Waals surface area (Å²) in [6.45, 7) is 2.02. The highest BCUT2D eigenvalue weighted by molar-refractivity contribution is 5.49. The zero-order chi connectivity index (χ0) is 13.8. The van der Waals surface area contributed by atoms with Crippen LogP contribution < -0.4 is 15.4 Å². The van der Waals surface area contributed by atoms with E-state index in [-0.39, 0.29) is 6.10 Å². The number of nitrogen functional groups attached to an aromatic ring is 1. The Bertz CT molecular complexity index is 552. The fourth-order valence-electron chi connectivity index (χ4n) is 1.92. The van der Waals surface area contributed by atoms with Crippen LogP contribution in [0.3, 0.4) is 0 Å². The average Bonchev–Trinajstić information content (AvgIpc) is 2.39. The van der Waals surface area contributed by atoms with Crippen LogP contribution in [0, 0.1) is 0 Å². The second-order valence-corrected chi connectivity index (χ2v) is 4.82. The van der Waals surface area contributed by atoms with Gasteiger partial charge >= 0.3 is 0 Å². The third-order valence-electron chi connectivity index (χ3n) is 3.03. The van der Waals surface area contributed by atoms with Gasteiger partial charge in [-0.3, -0.25) is 0 Å². The van der Waals surface area contributed by atoms with Crippen molar-refractivity contribution < 1.29 is 4.74 Å². The quantitative estimate of drug-likeness (QED) is 0.851. The Morgan fingerprint density at radius 1 is 1.05 bits per heavy atom. The summed E-state index contributed by atoms with van der Waals surface area (Å²) in [7, 11) is 4.03. The first kappa shape index (κ1) is 13.3. The maximum Gasteiger partial charge on any atom is 0.122 e. The Hall–Kier alpha value is -2.16. The maximum atomic E-state index is 5.96. The number of nitrogens with two attached hydrogens (primary N) is 1. The topological polar surface area (TPSA) is 38.5 Å². The Balaban J connectivity index is 2.14. The van der Waals surface area contributed by atoms with E-state index in [1.54, 1.807) is 0 Å². The molecule has 2 aromatic carbocycles. The average molecular weight is 256 g/mol. The zero-order valence-corrected chi connectivity index (χ0v) is 11.6. The molecular weight excluding hydrogens is 236 g/mol. The van der Waals surface area contributed by atoms with Crippen LogP contribution in [0.1, 0.15) is 18.6 Å². The molecule has 0 saturated carbocycles. The number of anilines is 2. The first-order valence-electron chi connectivity index (χ1n) is 6.36. The lowest BCUT2D eigenvalue weighted by molar-refractivity contribution is 0.227. The van der Waals surface area contributed by atoms with Gasteiger partial charge in [-0.25, -0.2) is 0 Å². The summed E-state index contributed by atoms with van der Waals surface area (Å²) in [5, 5.41) is 0. The zero-order valence-electron chi connectivity index (χ0n) is 11.6. The number of hydrogen-bond acceptors (Lipinski definition) is 3. The Labute approximate surface area is 114 Å². The predicted octanol–water partition coefficient (Wildman–Crippen LogP) is 3.47. The number of nitrogens with zero attached hydrogens (tertiary/aromatic N) is 1. The minimum absolute atomic E-state index is 0.0269. The van der Waals surface area contributed by atoms with E-state index in [1.165, 1.54) is 0 Å². The molecule has 0 aromatic heterocycles. The number of rotatable bonds is 4. The summed E-state index contributed by atoms with van der Waals surface area (Å²) in [5.41, 5.74) is 8.75. The van der Waals surface area contributed by atoms with Gasteiger partial charge in [-0.1, -0.05) is 18.2 Å². The minimum Gasteiger partial charge on any atom is -0.486 e. The van der Waals surface area contributed by atoms with E-state index in [4.69, 9.17) is 10.5 Å². The van der Waals surface area contributed by atoms with Gasteiger partial charge in [0.2, 0.25) is 0 Å². The summed E-state index contributed by atoms with van der Waals surface area (Å²) in [6.07, 6.45) is -0.0269. The second kappa shape index (κ2) is 5.65. The van der Waals surface area contributed by atoms with Crippen LogP contribution in [-0.4, -0.2) is 14.1 Å². The third kappa shape index (κ3) is 3.41. The molecule has 0 amide bonds. The lowest BCUT2D eigenvalue weighted by atomic mass is 10.1. The highest BCUT2D eigenvalue weighted by Gasteiger charge is 2.08. The van der Waals surface area contributed by atoms with Gasteiger partial charge in [0.05, 0.1) is 0 Å². The molecule has 19 heavy (non-hydrogen) atoms. The lowest BCUT2D eigenvalue weighted by Gasteiger charge is -2.18. The van der Waals surface area contributed by atoms with Crippen LogP contribution in [0.2, 0.25) is 0 Å². The minimum atomic E-state index is -0.0269. The smallest absolute Gasteiger partial charge is 0.122 e. The van der Waals surface area contributed by atoms with Crippen molar-refractivity contribution in [1.29, 1.82) is 0 Å². The highest BCUT2D eigenvalue weighted by Crippen LogP contribution is 2.25. The Kier molecular flexibility index (Phi) is 3.95. The molecule has 0 spiro atoms. The normalized spacial score (nSPS) is 11.9. The molecule has 1 unspecified atom stereocenters. The van der Waals surface area contributed by atoms with E-state index in [2.05, 4.69) is 11.0 Å². The van der Waals surface area contributed by atoms with Crippen molar-refractivity contribution in [2.75, 3.05) is 24.7 Å². The van der Waals surface area contributed by atoms with Crippen LogP contribution in [0.25, 0.3) is 0 Å². The summed E-state index contributed by atoms with van der Waals surface area (Å²) in [6, 6.07) is 15.8. The number of hydrogen-bond donors (Lipinski definition) is 1. The van der Waals surface area contributed by atoms with E-state index < -0.39 is 0 Å². The lowest BCUT2D eigenvalue weighted by Crippen LogP contribution is -2.09. The van der Waals surface area contributed by atoms with E-state index >= 15 is 0 Å². The van der Waals surface area contributed by atoms with Crippen LogP contribution in [0.4, 0.5) is 11.4 Å². The van der Waals surface area contributed by atoms with Crippen molar-refractivity contribution in [3.63, 3.8) is 0 Å². The van der Waals surface area contributed by atoms with Crippen molar-refractivity contribution in [1.82, 2.24) is 0 Å². The van der Waals surface area contributed by atoms with Gasteiger partial charge in [-0.2, -0.15) is 0 Å². The molecule has 0 saturated heterocycles. The molecule has 3 heteroatoms. The van der Waals surface area contributed by atoms with Gasteiger partial charge in [-0.05, 0) is 36.8 Å². The van der Waals surface area contributed by atoms with Crippen molar-refractivity contribution in [2.45, 2.75) is 13.0 Å². The SMILES string of the molecule is CC(Oc1cccc(N(C)C)c1)c1cccc(N)c1. The molecule has 0 fully saturated rings. The van der Waals surface area contributed by atoms with Crippen molar-refractivity contribution >= 4 is 11.4 Å². The summed E-state index contributed by atoms with van der Waals surface area (Å²) in [4.78, 5) is 2.05. The Morgan fingerprint density at radius 3 is 2.47 bits per heavy atom. The molecule has 0 radical (unpaired) electrons. The van der Waals surface area contributed by atoms with Crippen LogP contribution in [-0.2, 0) is 0 Å². The molecule has 1 atom stereocenters. The van der Waals surface area contributed by atoms with Gasteiger partial charge in [0.25, 0.3) is 0 Å². The molecule has 0 bridgehead atoms. The van der Waals surface area contributed by atoms with Gasteiger partial charge in [0, 0.05) is 31.5 Å². The number of ether oxygens (including phenoxy) is 1. The second-order valence-electron chi connectivity index (χ2n) is 4.82. The van der Waals surface area contributed by atoms with Gasteiger partial charge < -0.3 is 15.4 Å². The van der Waals surface area contributed by atoms with Gasteiger partial charge in [0.15, 0.2) is 0 Å². The third-order valence-corrected chi connectivity index (χ3v) is 3.03. The molecular formula is C16H20N2O. The fraction of sp³-hybridized carbons (Fsp3) is 0.250. The molecule has 2 rings (SSSR count). The molecule has 100 valence electrons. The molecule has 0 aliphatic rings. The van der Waals surface area contributed by atoms with E-state index in [9.17, 15) is 0 Å². The molecule has 0 aliphatic heterocycles. The molecule has 0 aliphatic carbocycles. The molecule has 2 aromatic rings. The van der Waals surface area contributed by atoms with Crippen molar-refractivity contribution in [2.24, 2.45) is 0 Å². The largest absolute Gasteiger partial charge is 0.486 e. The van der Waals surface area contributed by atoms with Crippen LogP contribution >= 0.6 is 0 Å². The molecule has 2 N–H and O–H groups in total. The predicted molar refractivity (Wildman–Crippen MR) is 80.7 cm³/mol. The standard InChI is InChI=1S/C16H20N2O/c1-12(13-6-4-7-14(17)10-13)19-16-9-5-8-15(11-16)18(2)3/h4-12H,17H2,1-3H3. The first-order chi connectivity index (χ1) is 9.06. The van der Waals surface area contributed by atoms with Gasteiger partial charge in [-0.15, -0.1) is 0 Å². The van der Waals surface area contributed by atoms with E-state index in [1.807, 2.05) is 63.5 Å². The maximum absolute atomic E-state index is 5.96. The van der Waals surface area contributed by atoms with Gasteiger partial charge in [0.1, 0.15) is 11.9 Å². The van der Waals surface area contributed by atoms with Crippen molar-refractivity contribution in [3.8, 4) is 5.75 Å². The van der Waals surface area contributed by atoms with Crippen LogP contribution in [0.5, 0.6) is 5.75 Å². The Morgan fingerprint density at radius 2 is 1.79 bits per heavy atom. The van der Waals surface area contributed by atoms with E-state index in [0.29, 0.717) is 0 Å².